The molecule has 0 saturated carbocycles. The van der Waals surface area contributed by atoms with E-state index in [-0.39, 0.29) is 17.4 Å². The first-order valence-electron chi connectivity index (χ1n) is 12.2. The molecule has 0 atom stereocenters. The summed E-state index contributed by atoms with van der Waals surface area (Å²) in [4.78, 5) is 31.3. The highest BCUT2D eigenvalue weighted by Gasteiger charge is 2.28. The van der Waals surface area contributed by atoms with Gasteiger partial charge in [-0.3, -0.25) is 9.59 Å². The number of carbonyl (C=O) groups excluding carboxylic acids is 1. The lowest BCUT2D eigenvalue weighted by Gasteiger charge is -2.33. The smallest absolute Gasteiger partial charge is 0.257 e. The summed E-state index contributed by atoms with van der Waals surface area (Å²) in [7, 11) is 0. The largest absolute Gasteiger partial charge is 0.352 e. The Hall–Kier alpha value is -2.93. The highest BCUT2D eigenvalue weighted by atomic mass is 16.2. The Morgan fingerprint density at radius 2 is 1.94 bits per heavy atom. The molecule has 0 spiro atoms. The molecule has 0 radical (unpaired) electrons. The zero-order valence-corrected chi connectivity index (χ0v) is 19.9. The van der Waals surface area contributed by atoms with Crippen LogP contribution >= 0.6 is 0 Å². The molecule has 2 N–H and O–H groups in total. The Balaban J connectivity index is 1.76. The molecule has 1 saturated heterocycles. The van der Waals surface area contributed by atoms with Crippen LogP contribution in [0.1, 0.15) is 68.4 Å². The molecule has 1 amide bonds. The molecular weight excluding hydrogens is 414 g/mol. The average molecular weight is 450 g/mol. The number of hydrogen-bond donors (Lipinski definition) is 2. The lowest BCUT2D eigenvalue weighted by Crippen LogP contribution is -2.36. The van der Waals surface area contributed by atoms with Crippen LogP contribution in [0.5, 0.6) is 0 Å². The Morgan fingerprint density at radius 3 is 2.61 bits per heavy atom. The van der Waals surface area contributed by atoms with Gasteiger partial charge in [0.15, 0.2) is 0 Å². The van der Waals surface area contributed by atoms with Crippen molar-refractivity contribution in [2.75, 3.05) is 26.2 Å². The number of aromatic amines is 1. The Bertz CT molecular complexity index is 1140. The second-order valence-corrected chi connectivity index (χ2v) is 9.49. The second-order valence-electron chi connectivity index (χ2n) is 9.49. The molecule has 1 aliphatic rings. The van der Waals surface area contributed by atoms with E-state index in [0.29, 0.717) is 29.4 Å². The fraction of sp³-hybridized carbons (Fsp3) is 0.500. The van der Waals surface area contributed by atoms with Crippen LogP contribution in [-0.2, 0) is 0 Å². The summed E-state index contributed by atoms with van der Waals surface area (Å²) in [5.41, 5.74) is 3.08. The first-order chi connectivity index (χ1) is 16.0. The van der Waals surface area contributed by atoms with Crippen molar-refractivity contribution >= 4 is 11.6 Å². The summed E-state index contributed by atoms with van der Waals surface area (Å²) in [6.07, 6.45) is 3.85. The lowest BCUT2D eigenvalue weighted by atomic mass is 9.92. The summed E-state index contributed by atoms with van der Waals surface area (Å²) < 4.78 is 1.81. The van der Waals surface area contributed by atoms with Crippen molar-refractivity contribution < 1.29 is 4.79 Å². The van der Waals surface area contributed by atoms with E-state index in [0.717, 1.165) is 56.6 Å². The number of nitrogens with one attached hydrogen (secondary N) is 2. The third-order valence-corrected chi connectivity index (χ3v) is 6.37. The van der Waals surface area contributed by atoms with Crippen LogP contribution in [0.2, 0.25) is 0 Å². The Kier molecular flexibility index (Phi) is 7.28. The van der Waals surface area contributed by atoms with E-state index < -0.39 is 0 Å². The molecular formula is C26H35N5O2. The molecule has 7 nitrogen and oxygen atoms in total. The minimum atomic E-state index is -0.197. The Morgan fingerprint density at radius 1 is 1.21 bits per heavy atom. The summed E-state index contributed by atoms with van der Waals surface area (Å²) in [5.74, 6) is 0.677. The van der Waals surface area contributed by atoms with Crippen molar-refractivity contribution in [1.82, 2.24) is 24.8 Å². The van der Waals surface area contributed by atoms with Crippen molar-refractivity contribution in [3.63, 3.8) is 0 Å². The standard InChI is InChI=1S/C26H35N5O2/c1-4-5-13-27-26(33)23-24(20-9-7-6-8-10-20)29-31-21(16-22(32)28-25(23)31)19-11-14-30(15-12-19)17-18(2)3/h6-10,16,18-19H,4-5,11-15,17H2,1-3H3,(H,27,33)(H,28,32). The van der Waals surface area contributed by atoms with E-state index in [1.165, 1.54) is 0 Å². The van der Waals surface area contributed by atoms with Gasteiger partial charge in [-0.15, -0.1) is 0 Å². The molecule has 0 bridgehead atoms. The summed E-state index contributed by atoms with van der Waals surface area (Å²) in [6.45, 7) is 10.3. The van der Waals surface area contributed by atoms with Crippen LogP contribution in [0.25, 0.3) is 16.9 Å². The van der Waals surface area contributed by atoms with Gasteiger partial charge < -0.3 is 15.2 Å². The fourth-order valence-electron chi connectivity index (χ4n) is 4.77. The van der Waals surface area contributed by atoms with Gasteiger partial charge >= 0.3 is 0 Å². The summed E-state index contributed by atoms with van der Waals surface area (Å²) >= 11 is 0. The first kappa shape index (κ1) is 23.2. The molecule has 33 heavy (non-hydrogen) atoms. The normalized spacial score (nSPS) is 15.4. The zero-order valence-electron chi connectivity index (χ0n) is 19.9. The van der Waals surface area contributed by atoms with Gasteiger partial charge in [-0.2, -0.15) is 5.10 Å². The zero-order chi connectivity index (χ0) is 23.4. The molecule has 4 rings (SSSR count). The number of nitrogens with zero attached hydrogens (tertiary/aromatic N) is 3. The number of amides is 1. The fourth-order valence-corrected chi connectivity index (χ4v) is 4.77. The number of piperidine rings is 1. The Labute approximate surface area is 195 Å². The van der Waals surface area contributed by atoms with E-state index in [1.54, 1.807) is 10.6 Å². The first-order valence-corrected chi connectivity index (χ1v) is 12.2. The number of fused-ring (bicyclic) bond motifs is 1. The monoisotopic (exact) mass is 449 g/mol. The van der Waals surface area contributed by atoms with Crippen LogP contribution in [0, 0.1) is 5.92 Å². The molecule has 1 aromatic carbocycles. The van der Waals surface area contributed by atoms with Crippen molar-refractivity contribution in [3.8, 4) is 11.3 Å². The predicted molar refractivity (Wildman–Crippen MR) is 132 cm³/mol. The number of hydrogen-bond acceptors (Lipinski definition) is 4. The van der Waals surface area contributed by atoms with Gasteiger partial charge in [-0.1, -0.05) is 57.5 Å². The van der Waals surface area contributed by atoms with Crippen LogP contribution in [0.4, 0.5) is 0 Å². The SMILES string of the molecule is CCCCNC(=O)c1c(-c2ccccc2)nn2c(C3CCN(CC(C)C)CC3)cc(=O)[nH]c12. The number of carbonyl (C=O) groups is 1. The third-order valence-electron chi connectivity index (χ3n) is 6.37. The molecule has 0 aliphatic carbocycles. The number of aromatic nitrogens is 3. The third kappa shape index (κ3) is 5.19. The van der Waals surface area contributed by atoms with Gasteiger partial charge in [0.1, 0.15) is 16.9 Å². The molecule has 3 heterocycles. The van der Waals surface area contributed by atoms with E-state index >= 15 is 0 Å². The van der Waals surface area contributed by atoms with Crippen LogP contribution in [0.15, 0.2) is 41.2 Å². The van der Waals surface area contributed by atoms with Crippen LogP contribution < -0.4 is 10.9 Å². The number of H-pyrrole nitrogens is 1. The van der Waals surface area contributed by atoms with Crippen molar-refractivity contribution in [2.24, 2.45) is 5.92 Å². The average Bonchev–Trinajstić information content (AvgIpc) is 3.19. The maximum absolute atomic E-state index is 13.2. The van der Waals surface area contributed by atoms with E-state index in [4.69, 9.17) is 5.10 Å². The highest BCUT2D eigenvalue weighted by Crippen LogP contribution is 2.31. The molecule has 176 valence electrons. The van der Waals surface area contributed by atoms with Crippen LogP contribution in [0.3, 0.4) is 0 Å². The van der Waals surface area contributed by atoms with E-state index in [1.807, 2.05) is 30.3 Å². The van der Waals surface area contributed by atoms with Gasteiger partial charge in [0.2, 0.25) is 0 Å². The number of unbranched alkanes of at least 4 members (excludes halogenated alkanes) is 1. The predicted octanol–water partition coefficient (Wildman–Crippen LogP) is 4.05. The maximum atomic E-state index is 13.2. The lowest BCUT2D eigenvalue weighted by molar-refractivity contribution is 0.0955. The highest BCUT2D eigenvalue weighted by molar-refractivity contribution is 6.05. The summed E-state index contributed by atoms with van der Waals surface area (Å²) in [5, 5.41) is 7.90. The maximum Gasteiger partial charge on any atom is 0.257 e. The molecule has 3 aromatic rings. The van der Waals surface area contributed by atoms with Gasteiger partial charge in [0, 0.05) is 30.6 Å². The van der Waals surface area contributed by atoms with E-state index in [9.17, 15) is 9.59 Å². The molecule has 0 unspecified atom stereocenters. The van der Waals surface area contributed by atoms with Crippen molar-refractivity contribution in [1.29, 1.82) is 0 Å². The van der Waals surface area contributed by atoms with Gasteiger partial charge in [0.05, 0.1) is 5.69 Å². The molecule has 2 aromatic heterocycles. The van der Waals surface area contributed by atoms with Gasteiger partial charge in [-0.05, 0) is 38.3 Å². The number of benzene rings is 1. The minimum absolute atomic E-state index is 0.191. The van der Waals surface area contributed by atoms with E-state index in [2.05, 4.69) is 36.0 Å². The summed E-state index contributed by atoms with van der Waals surface area (Å²) in [6, 6.07) is 11.4. The van der Waals surface area contributed by atoms with Crippen LogP contribution in [-0.4, -0.2) is 51.6 Å². The van der Waals surface area contributed by atoms with Gasteiger partial charge in [-0.25, -0.2) is 4.52 Å². The minimum Gasteiger partial charge on any atom is -0.352 e. The van der Waals surface area contributed by atoms with Crippen molar-refractivity contribution in [2.45, 2.75) is 52.4 Å². The quantitative estimate of drug-likeness (QED) is 0.508. The molecule has 1 aliphatic heterocycles. The van der Waals surface area contributed by atoms with Crippen molar-refractivity contribution in [3.05, 3.63) is 58.0 Å². The molecule has 7 heteroatoms. The van der Waals surface area contributed by atoms with Gasteiger partial charge in [0.25, 0.3) is 11.5 Å². The molecule has 1 fully saturated rings. The number of rotatable bonds is 8. The second kappa shape index (κ2) is 10.3. The topological polar surface area (TPSA) is 82.5 Å². The number of likely N-dealkylation sites (tertiary alicyclic amines) is 1.